The van der Waals surface area contributed by atoms with E-state index in [9.17, 15) is 14.7 Å². The van der Waals surface area contributed by atoms with E-state index in [4.69, 9.17) is 0 Å². The van der Waals surface area contributed by atoms with Crippen molar-refractivity contribution in [1.82, 2.24) is 15.1 Å². The minimum atomic E-state index is -0.136. The molecule has 1 aliphatic heterocycles. The number of benzene rings is 3. The molecule has 32 heavy (non-hydrogen) atoms. The van der Waals surface area contributed by atoms with Crippen molar-refractivity contribution in [3.8, 4) is 5.75 Å². The zero-order valence-corrected chi connectivity index (χ0v) is 17.9. The van der Waals surface area contributed by atoms with E-state index in [1.54, 1.807) is 21.9 Å². The average Bonchev–Trinajstić information content (AvgIpc) is 2.85. The van der Waals surface area contributed by atoms with Crippen LogP contribution in [0.2, 0.25) is 0 Å². The molecule has 3 aromatic rings. The van der Waals surface area contributed by atoms with E-state index in [-0.39, 0.29) is 23.7 Å². The third-order valence-electron chi connectivity index (χ3n) is 5.75. The van der Waals surface area contributed by atoms with Gasteiger partial charge in [0.1, 0.15) is 5.75 Å². The van der Waals surface area contributed by atoms with Crippen molar-refractivity contribution in [3.63, 3.8) is 0 Å². The van der Waals surface area contributed by atoms with E-state index in [0.717, 1.165) is 11.1 Å². The zero-order valence-electron chi connectivity index (χ0n) is 17.9. The van der Waals surface area contributed by atoms with Crippen LogP contribution in [0.3, 0.4) is 0 Å². The summed E-state index contributed by atoms with van der Waals surface area (Å²) in [5, 5.41) is 12.6. The molecule has 4 rings (SSSR count). The van der Waals surface area contributed by atoms with Crippen LogP contribution in [-0.2, 0) is 6.42 Å². The third kappa shape index (κ3) is 5.27. The van der Waals surface area contributed by atoms with Crippen molar-refractivity contribution >= 4 is 11.9 Å². The van der Waals surface area contributed by atoms with Crippen molar-refractivity contribution < 1.29 is 14.7 Å². The summed E-state index contributed by atoms with van der Waals surface area (Å²) in [7, 11) is 0. The van der Waals surface area contributed by atoms with Gasteiger partial charge in [-0.15, -0.1) is 0 Å². The minimum Gasteiger partial charge on any atom is -0.508 e. The zero-order chi connectivity index (χ0) is 22.3. The van der Waals surface area contributed by atoms with Gasteiger partial charge in [0.25, 0.3) is 5.91 Å². The Morgan fingerprint density at radius 1 is 0.781 bits per heavy atom. The molecule has 0 aliphatic carbocycles. The SMILES string of the molecule is O=C(NC(Cc1ccccc1)c1ccccc1)N1CCN(C(=O)c2ccc(O)cc2)CC1. The lowest BCUT2D eigenvalue weighted by molar-refractivity contribution is 0.0663. The fraction of sp³-hybridized carbons (Fsp3) is 0.231. The largest absolute Gasteiger partial charge is 0.508 e. The molecule has 1 fully saturated rings. The summed E-state index contributed by atoms with van der Waals surface area (Å²) in [5.74, 6) is 0.0443. The van der Waals surface area contributed by atoms with Crippen LogP contribution in [0.15, 0.2) is 84.9 Å². The fourth-order valence-electron chi connectivity index (χ4n) is 3.93. The van der Waals surface area contributed by atoms with Crippen LogP contribution in [0, 0.1) is 0 Å². The number of nitrogens with one attached hydrogen (secondary N) is 1. The number of phenolic OH excluding ortho intramolecular Hbond substituents is 1. The van der Waals surface area contributed by atoms with Crippen LogP contribution in [0.4, 0.5) is 4.79 Å². The fourth-order valence-corrected chi connectivity index (χ4v) is 3.93. The maximum absolute atomic E-state index is 13.0. The quantitative estimate of drug-likeness (QED) is 0.647. The Morgan fingerprint density at radius 2 is 1.34 bits per heavy atom. The number of carbonyl (C=O) groups excluding carboxylic acids is 2. The molecule has 6 heteroatoms. The van der Waals surface area contributed by atoms with Gasteiger partial charge in [0.2, 0.25) is 0 Å². The van der Waals surface area contributed by atoms with E-state index in [0.29, 0.717) is 38.2 Å². The standard InChI is InChI=1S/C26H27N3O3/c30-23-13-11-22(12-14-23)25(31)28-15-17-29(18-16-28)26(32)27-24(21-9-5-2-6-10-21)19-20-7-3-1-4-8-20/h1-14,24,30H,15-19H2,(H,27,32). The van der Waals surface area contributed by atoms with Crippen molar-refractivity contribution in [1.29, 1.82) is 0 Å². The molecule has 0 aromatic heterocycles. The lowest BCUT2D eigenvalue weighted by Gasteiger charge is -2.35. The van der Waals surface area contributed by atoms with E-state index in [2.05, 4.69) is 17.4 Å². The molecule has 3 aromatic carbocycles. The Labute approximate surface area is 188 Å². The number of piperazine rings is 1. The predicted octanol–water partition coefficient (Wildman–Crippen LogP) is 3.84. The van der Waals surface area contributed by atoms with E-state index >= 15 is 0 Å². The van der Waals surface area contributed by atoms with Gasteiger partial charge in [-0.2, -0.15) is 0 Å². The number of rotatable bonds is 5. The monoisotopic (exact) mass is 429 g/mol. The Kier molecular flexibility index (Phi) is 6.70. The Balaban J connectivity index is 1.38. The smallest absolute Gasteiger partial charge is 0.318 e. The lowest BCUT2D eigenvalue weighted by atomic mass is 9.99. The van der Waals surface area contributed by atoms with Gasteiger partial charge in [-0.3, -0.25) is 4.79 Å². The maximum Gasteiger partial charge on any atom is 0.318 e. The topological polar surface area (TPSA) is 72.9 Å². The molecular weight excluding hydrogens is 402 g/mol. The second-order valence-corrected chi connectivity index (χ2v) is 7.93. The van der Waals surface area contributed by atoms with Crippen molar-refractivity contribution in [3.05, 3.63) is 102 Å². The molecule has 0 radical (unpaired) electrons. The van der Waals surface area contributed by atoms with Gasteiger partial charge in [0.15, 0.2) is 0 Å². The lowest BCUT2D eigenvalue weighted by Crippen LogP contribution is -2.53. The molecule has 1 saturated heterocycles. The number of carbonyl (C=O) groups is 2. The molecule has 164 valence electrons. The van der Waals surface area contributed by atoms with Crippen LogP contribution in [-0.4, -0.2) is 53.0 Å². The molecule has 3 amide bonds. The molecule has 1 unspecified atom stereocenters. The van der Waals surface area contributed by atoms with Gasteiger partial charge < -0.3 is 20.2 Å². The van der Waals surface area contributed by atoms with Gasteiger partial charge >= 0.3 is 6.03 Å². The number of aromatic hydroxyl groups is 1. The predicted molar refractivity (Wildman–Crippen MR) is 123 cm³/mol. The minimum absolute atomic E-state index is 0.0868. The Hall–Kier alpha value is -3.80. The maximum atomic E-state index is 13.0. The number of amides is 3. The third-order valence-corrected chi connectivity index (χ3v) is 5.75. The molecule has 0 spiro atoms. The second kappa shape index (κ2) is 10.0. The van der Waals surface area contributed by atoms with Crippen LogP contribution in [0.1, 0.15) is 27.5 Å². The molecule has 1 aliphatic rings. The summed E-state index contributed by atoms with van der Waals surface area (Å²) in [6.07, 6.45) is 0.704. The molecule has 1 heterocycles. The summed E-state index contributed by atoms with van der Waals surface area (Å²) in [5.41, 5.74) is 2.75. The van der Waals surface area contributed by atoms with Crippen LogP contribution >= 0.6 is 0 Å². The van der Waals surface area contributed by atoms with Crippen molar-refractivity contribution in [2.75, 3.05) is 26.2 Å². The van der Waals surface area contributed by atoms with Gasteiger partial charge in [0.05, 0.1) is 6.04 Å². The highest BCUT2D eigenvalue weighted by molar-refractivity contribution is 5.94. The first-order valence-electron chi connectivity index (χ1n) is 10.8. The normalized spacial score (nSPS) is 14.6. The number of urea groups is 1. The van der Waals surface area contributed by atoms with Crippen LogP contribution in [0.5, 0.6) is 5.75 Å². The summed E-state index contributed by atoms with van der Waals surface area (Å²) in [6, 6.07) is 26.1. The van der Waals surface area contributed by atoms with Crippen LogP contribution in [0.25, 0.3) is 0 Å². The van der Waals surface area contributed by atoms with Gasteiger partial charge in [-0.1, -0.05) is 60.7 Å². The molecule has 6 nitrogen and oxygen atoms in total. The average molecular weight is 430 g/mol. The number of nitrogens with zero attached hydrogens (tertiary/aromatic N) is 2. The van der Waals surface area contributed by atoms with Gasteiger partial charge in [-0.05, 0) is 41.8 Å². The number of hydrogen-bond acceptors (Lipinski definition) is 3. The van der Waals surface area contributed by atoms with E-state index in [1.165, 1.54) is 12.1 Å². The number of hydrogen-bond donors (Lipinski definition) is 2. The first-order chi connectivity index (χ1) is 15.6. The highest BCUT2D eigenvalue weighted by Gasteiger charge is 2.26. The summed E-state index contributed by atoms with van der Waals surface area (Å²) in [4.78, 5) is 29.2. The first-order valence-corrected chi connectivity index (χ1v) is 10.8. The van der Waals surface area contributed by atoms with Crippen LogP contribution < -0.4 is 5.32 Å². The van der Waals surface area contributed by atoms with Gasteiger partial charge in [0, 0.05) is 31.7 Å². The van der Waals surface area contributed by atoms with Crippen molar-refractivity contribution in [2.45, 2.75) is 12.5 Å². The Morgan fingerprint density at radius 3 is 1.97 bits per heavy atom. The highest BCUT2D eigenvalue weighted by Crippen LogP contribution is 2.19. The van der Waals surface area contributed by atoms with Crippen molar-refractivity contribution in [2.24, 2.45) is 0 Å². The number of phenols is 1. The molecule has 0 saturated carbocycles. The molecule has 1 atom stereocenters. The Bertz CT molecular complexity index is 1030. The first kappa shape index (κ1) is 21.4. The van der Waals surface area contributed by atoms with E-state index < -0.39 is 0 Å². The van der Waals surface area contributed by atoms with E-state index in [1.807, 2.05) is 48.5 Å². The molecule has 0 bridgehead atoms. The summed E-state index contributed by atoms with van der Waals surface area (Å²) >= 11 is 0. The van der Waals surface area contributed by atoms with Gasteiger partial charge in [-0.25, -0.2) is 4.79 Å². The highest BCUT2D eigenvalue weighted by atomic mass is 16.3. The molecular formula is C26H27N3O3. The second-order valence-electron chi connectivity index (χ2n) is 7.93. The molecule has 2 N–H and O–H groups in total. The summed E-state index contributed by atoms with van der Waals surface area (Å²) < 4.78 is 0. The summed E-state index contributed by atoms with van der Waals surface area (Å²) in [6.45, 7) is 1.90.